The molecule has 1 aliphatic rings. The van der Waals surface area contributed by atoms with Crippen LogP contribution in [0.1, 0.15) is 12.0 Å². The van der Waals surface area contributed by atoms with Gasteiger partial charge < -0.3 is 10.1 Å². The lowest BCUT2D eigenvalue weighted by Crippen LogP contribution is -2.32. The van der Waals surface area contributed by atoms with Crippen molar-refractivity contribution in [1.82, 2.24) is 5.32 Å². The number of hydrogen-bond donors (Lipinski definition) is 1. The van der Waals surface area contributed by atoms with E-state index in [-0.39, 0.29) is 24.3 Å². The molecule has 0 spiro atoms. The van der Waals surface area contributed by atoms with Crippen molar-refractivity contribution in [3.05, 3.63) is 34.6 Å². The van der Waals surface area contributed by atoms with Gasteiger partial charge in [0, 0.05) is 25.1 Å². The fourth-order valence-electron chi connectivity index (χ4n) is 2.12. The van der Waals surface area contributed by atoms with Gasteiger partial charge in [-0.2, -0.15) is 0 Å². The quantitative estimate of drug-likeness (QED) is 0.910. The minimum absolute atomic E-state index is 0.0317. The lowest BCUT2D eigenvalue weighted by molar-refractivity contribution is -0.120. The highest BCUT2D eigenvalue weighted by atomic mass is 35.5. The van der Waals surface area contributed by atoms with Crippen LogP contribution in [0.25, 0.3) is 0 Å². The summed E-state index contributed by atoms with van der Waals surface area (Å²) in [6, 6.07) is 4.00. The number of carbonyl (C=O) groups is 1. The van der Waals surface area contributed by atoms with Crippen molar-refractivity contribution in [3.63, 3.8) is 0 Å². The summed E-state index contributed by atoms with van der Waals surface area (Å²) in [5.41, 5.74) is 0.343. The molecule has 18 heavy (non-hydrogen) atoms. The first-order chi connectivity index (χ1) is 8.60. The van der Waals surface area contributed by atoms with Crippen LogP contribution in [0.5, 0.6) is 0 Å². The number of hydrogen-bond acceptors (Lipinski definition) is 3. The van der Waals surface area contributed by atoms with Gasteiger partial charge in [0.1, 0.15) is 5.82 Å². The maximum Gasteiger partial charge on any atom is 0.154 e. The Hall–Kier alpha value is -0.970. The average molecular weight is 272 g/mol. The molecule has 0 saturated carbocycles. The molecule has 1 saturated heterocycles. The van der Waals surface area contributed by atoms with Crippen molar-refractivity contribution in [3.8, 4) is 0 Å². The third-order valence-electron chi connectivity index (χ3n) is 3.18. The molecule has 3 nitrogen and oxygen atoms in total. The molecule has 1 aliphatic heterocycles. The van der Waals surface area contributed by atoms with Crippen LogP contribution in [0, 0.1) is 5.82 Å². The van der Waals surface area contributed by atoms with E-state index in [1.807, 2.05) is 0 Å². The predicted molar refractivity (Wildman–Crippen MR) is 67.3 cm³/mol. The van der Waals surface area contributed by atoms with E-state index < -0.39 is 5.82 Å². The number of ether oxygens (including phenoxy) is 1. The van der Waals surface area contributed by atoms with Crippen molar-refractivity contribution in [2.75, 3.05) is 13.7 Å². The third-order valence-corrected chi connectivity index (χ3v) is 3.42. The Morgan fingerprint density at radius 1 is 1.61 bits per heavy atom. The van der Waals surface area contributed by atoms with Crippen LogP contribution >= 0.6 is 11.6 Å². The molecule has 1 fully saturated rings. The standard InChI is InChI=1S/C13H15ClFNO2/c1-18-10-6-12(16-7-10)13(17)5-8-4-9(14)2-3-11(8)15/h2-4,10,12,16H,5-7H2,1H3. The number of nitrogens with one attached hydrogen (secondary N) is 1. The van der Waals surface area contributed by atoms with Crippen molar-refractivity contribution in [2.45, 2.75) is 25.0 Å². The summed E-state index contributed by atoms with van der Waals surface area (Å²) in [5, 5.41) is 3.52. The Labute approximate surface area is 110 Å². The molecule has 0 aromatic heterocycles. The van der Waals surface area contributed by atoms with Gasteiger partial charge in [-0.05, 0) is 30.2 Å². The number of rotatable bonds is 4. The summed E-state index contributed by atoms with van der Waals surface area (Å²) in [7, 11) is 1.62. The van der Waals surface area contributed by atoms with E-state index >= 15 is 0 Å². The second kappa shape index (κ2) is 5.78. The van der Waals surface area contributed by atoms with Crippen LogP contribution in [-0.4, -0.2) is 31.6 Å². The zero-order valence-corrected chi connectivity index (χ0v) is 10.8. The Morgan fingerprint density at radius 3 is 3.06 bits per heavy atom. The molecule has 98 valence electrons. The van der Waals surface area contributed by atoms with Crippen LogP contribution in [0.4, 0.5) is 4.39 Å². The van der Waals surface area contributed by atoms with E-state index in [2.05, 4.69) is 5.32 Å². The largest absolute Gasteiger partial charge is 0.380 e. The maximum absolute atomic E-state index is 13.5. The van der Waals surface area contributed by atoms with E-state index in [1.165, 1.54) is 18.2 Å². The van der Waals surface area contributed by atoms with E-state index in [9.17, 15) is 9.18 Å². The van der Waals surface area contributed by atoms with Gasteiger partial charge in [-0.15, -0.1) is 0 Å². The second-order valence-electron chi connectivity index (χ2n) is 4.43. The number of methoxy groups -OCH3 is 1. The highest BCUT2D eigenvalue weighted by Crippen LogP contribution is 2.18. The van der Waals surface area contributed by atoms with Gasteiger partial charge in [0.2, 0.25) is 0 Å². The van der Waals surface area contributed by atoms with Crippen molar-refractivity contribution in [2.24, 2.45) is 0 Å². The molecule has 0 aliphatic carbocycles. The Bertz CT molecular complexity index is 453. The normalized spacial score (nSPS) is 23.3. The van der Waals surface area contributed by atoms with Gasteiger partial charge in [0.25, 0.3) is 0 Å². The van der Waals surface area contributed by atoms with Crippen LogP contribution in [0.15, 0.2) is 18.2 Å². The molecule has 0 radical (unpaired) electrons. The first-order valence-electron chi connectivity index (χ1n) is 5.83. The smallest absolute Gasteiger partial charge is 0.154 e. The lowest BCUT2D eigenvalue weighted by atomic mass is 10.0. The van der Waals surface area contributed by atoms with Crippen LogP contribution in [0.2, 0.25) is 5.02 Å². The molecule has 2 atom stereocenters. The van der Waals surface area contributed by atoms with Gasteiger partial charge in [0.15, 0.2) is 5.78 Å². The third kappa shape index (κ3) is 3.07. The van der Waals surface area contributed by atoms with E-state index in [4.69, 9.17) is 16.3 Å². The van der Waals surface area contributed by atoms with Crippen molar-refractivity contribution in [1.29, 1.82) is 0 Å². The molecule has 2 rings (SSSR count). The number of Topliss-reactive ketones (excluding diaryl/α,β-unsaturated/α-hetero) is 1. The van der Waals surface area contributed by atoms with Gasteiger partial charge in [-0.1, -0.05) is 11.6 Å². The molecule has 1 heterocycles. The first kappa shape index (κ1) is 13.5. The number of halogens is 2. The summed E-state index contributed by atoms with van der Waals surface area (Å²) >= 11 is 5.79. The average Bonchev–Trinajstić information content (AvgIpc) is 2.82. The molecule has 5 heteroatoms. The van der Waals surface area contributed by atoms with Gasteiger partial charge in [-0.3, -0.25) is 4.79 Å². The minimum Gasteiger partial charge on any atom is -0.380 e. The Morgan fingerprint density at radius 2 is 2.39 bits per heavy atom. The number of ketones is 1. The van der Waals surface area contributed by atoms with Crippen LogP contribution in [-0.2, 0) is 16.0 Å². The fourth-order valence-corrected chi connectivity index (χ4v) is 2.31. The summed E-state index contributed by atoms with van der Waals surface area (Å²) in [4.78, 5) is 12.0. The lowest BCUT2D eigenvalue weighted by Gasteiger charge is -2.10. The Balaban J connectivity index is 2.01. The van der Waals surface area contributed by atoms with Gasteiger partial charge >= 0.3 is 0 Å². The monoisotopic (exact) mass is 271 g/mol. The van der Waals surface area contributed by atoms with Gasteiger partial charge in [0.05, 0.1) is 12.1 Å². The molecular weight excluding hydrogens is 257 g/mol. The molecule has 2 unspecified atom stereocenters. The highest BCUT2D eigenvalue weighted by molar-refractivity contribution is 6.30. The fraction of sp³-hybridized carbons (Fsp3) is 0.462. The highest BCUT2D eigenvalue weighted by Gasteiger charge is 2.29. The van der Waals surface area contributed by atoms with Gasteiger partial charge in [-0.25, -0.2) is 4.39 Å². The SMILES string of the molecule is COC1CNC(C(=O)Cc2cc(Cl)ccc2F)C1. The molecule has 1 N–H and O–H groups in total. The predicted octanol–water partition coefficient (Wildman–Crippen LogP) is 1.97. The van der Waals surface area contributed by atoms with Crippen LogP contribution in [0.3, 0.4) is 0 Å². The summed E-state index contributed by atoms with van der Waals surface area (Å²) in [6.07, 6.45) is 0.751. The number of benzene rings is 1. The summed E-state index contributed by atoms with van der Waals surface area (Å²) in [5.74, 6) is -0.426. The minimum atomic E-state index is -0.394. The summed E-state index contributed by atoms with van der Waals surface area (Å²) in [6.45, 7) is 0.658. The topological polar surface area (TPSA) is 38.3 Å². The Kier molecular flexibility index (Phi) is 4.32. The van der Waals surface area contributed by atoms with Crippen molar-refractivity contribution >= 4 is 17.4 Å². The first-order valence-corrected chi connectivity index (χ1v) is 6.20. The van der Waals surface area contributed by atoms with Crippen molar-refractivity contribution < 1.29 is 13.9 Å². The zero-order chi connectivity index (χ0) is 13.1. The summed E-state index contributed by atoms with van der Waals surface area (Å²) < 4.78 is 18.7. The molecule has 0 bridgehead atoms. The molecular formula is C13H15ClFNO2. The molecule has 1 aromatic carbocycles. The molecule has 1 aromatic rings. The van der Waals surface area contributed by atoms with Crippen LogP contribution < -0.4 is 5.32 Å². The zero-order valence-electron chi connectivity index (χ0n) is 10.1. The van der Waals surface area contributed by atoms with E-state index in [0.29, 0.717) is 23.6 Å². The second-order valence-corrected chi connectivity index (χ2v) is 4.87. The molecule has 0 amide bonds. The van der Waals surface area contributed by atoms with E-state index in [1.54, 1.807) is 7.11 Å². The maximum atomic E-state index is 13.5. The number of carbonyl (C=O) groups excluding carboxylic acids is 1. The van der Waals surface area contributed by atoms with E-state index in [0.717, 1.165) is 0 Å².